The highest BCUT2D eigenvalue weighted by atomic mass is 16.2. The number of nitrogens with two attached hydrogens (primary N) is 1. The number of likely N-dealkylation sites (N-methyl/N-ethyl adjacent to an activating group) is 1. The van der Waals surface area contributed by atoms with Crippen LogP contribution in [0, 0.1) is 0 Å². The van der Waals surface area contributed by atoms with Crippen LogP contribution in [0.3, 0.4) is 0 Å². The second-order valence-corrected chi connectivity index (χ2v) is 4.63. The van der Waals surface area contributed by atoms with Gasteiger partial charge in [0.25, 0.3) is 0 Å². The van der Waals surface area contributed by atoms with Gasteiger partial charge in [-0.25, -0.2) is 0 Å². The summed E-state index contributed by atoms with van der Waals surface area (Å²) in [6, 6.07) is -0.325. The van der Waals surface area contributed by atoms with E-state index in [4.69, 9.17) is 5.73 Å². The van der Waals surface area contributed by atoms with E-state index in [2.05, 4.69) is 5.32 Å². The molecule has 0 spiro atoms. The first kappa shape index (κ1) is 13.9. The number of rotatable bonds is 5. The summed E-state index contributed by atoms with van der Waals surface area (Å²) in [4.78, 5) is 23.9. The average molecular weight is 215 g/mol. The predicted octanol–water partition coefficient (Wildman–Crippen LogP) is -0.293. The monoisotopic (exact) mass is 215 g/mol. The van der Waals surface area contributed by atoms with Crippen LogP contribution in [-0.4, -0.2) is 42.4 Å². The van der Waals surface area contributed by atoms with E-state index >= 15 is 0 Å². The largest absolute Gasteiger partial charge is 0.370 e. The van der Waals surface area contributed by atoms with E-state index in [0.717, 1.165) is 0 Å². The molecule has 5 nitrogen and oxygen atoms in total. The van der Waals surface area contributed by atoms with Crippen LogP contribution < -0.4 is 11.1 Å². The van der Waals surface area contributed by atoms with Crippen molar-refractivity contribution in [1.29, 1.82) is 0 Å². The molecule has 0 aromatic rings. The zero-order valence-electron chi connectivity index (χ0n) is 10.1. The normalized spacial score (nSPS) is 13.4. The highest BCUT2D eigenvalue weighted by molar-refractivity contribution is 5.81. The van der Waals surface area contributed by atoms with Crippen LogP contribution in [0.2, 0.25) is 0 Å². The van der Waals surface area contributed by atoms with Crippen molar-refractivity contribution in [3.05, 3.63) is 0 Å². The summed E-state index contributed by atoms with van der Waals surface area (Å²) < 4.78 is 0. The van der Waals surface area contributed by atoms with E-state index in [1.165, 1.54) is 4.90 Å². The molecule has 0 aromatic heterocycles. The van der Waals surface area contributed by atoms with Gasteiger partial charge in [0, 0.05) is 26.1 Å². The predicted molar refractivity (Wildman–Crippen MR) is 59.2 cm³/mol. The molecule has 0 aliphatic rings. The fourth-order valence-corrected chi connectivity index (χ4v) is 1.52. The first-order valence-corrected chi connectivity index (χ1v) is 4.93. The van der Waals surface area contributed by atoms with Crippen molar-refractivity contribution in [3.63, 3.8) is 0 Å². The molecular weight excluding hydrogens is 194 g/mol. The number of nitrogens with one attached hydrogen (secondary N) is 1. The smallest absolute Gasteiger partial charge is 0.238 e. The topological polar surface area (TPSA) is 75.4 Å². The summed E-state index contributed by atoms with van der Waals surface area (Å²) in [5, 5.41) is 3.08. The Hall–Kier alpha value is -1.10. The Morgan fingerprint density at radius 2 is 1.87 bits per heavy atom. The highest BCUT2D eigenvalue weighted by Gasteiger charge is 2.25. The van der Waals surface area contributed by atoms with Gasteiger partial charge in [0.15, 0.2) is 0 Å². The molecule has 0 bridgehead atoms. The van der Waals surface area contributed by atoms with Crippen LogP contribution in [0.4, 0.5) is 0 Å². The van der Waals surface area contributed by atoms with Crippen molar-refractivity contribution in [1.82, 2.24) is 10.2 Å². The number of amides is 2. The van der Waals surface area contributed by atoms with Crippen LogP contribution in [-0.2, 0) is 9.59 Å². The number of hydrogen-bond acceptors (Lipinski definition) is 3. The van der Waals surface area contributed by atoms with Crippen molar-refractivity contribution in [2.24, 2.45) is 5.73 Å². The first-order valence-electron chi connectivity index (χ1n) is 4.93. The summed E-state index contributed by atoms with van der Waals surface area (Å²) in [6.45, 7) is 5.46. The molecule has 1 atom stereocenters. The Kier molecular flexibility index (Phi) is 4.74. The Morgan fingerprint density at radius 3 is 2.20 bits per heavy atom. The number of primary amides is 1. The van der Waals surface area contributed by atoms with E-state index in [0.29, 0.717) is 0 Å². The lowest BCUT2D eigenvalue weighted by molar-refractivity contribution is -0.131. The van der Waals surface area contributed by atoms with Gasteiger partial charge in [-0.3, -0.25) is 9.59 Å². The lowest BCUT2D eigenvalue weighted by atomic mass is 9.99. The highest BCUT2D eigenvalue weighted by Crippen LogP contribution is 2.09. The SMILES string of the molecule is CC(NC(C)(C)CC(N)=O)C(=O)N(C)C. The van der Waals surface area contributed by atoms with E-state index in [-0.39, 0.29) is 24.3 Å². The molecule has 3 N–H and O–H groups in total. The summed E-state index contributed by atoms with van der Waals surface area (Å²) >= 11 is 0. The van der Waals surface area contributed by atoms with Gasteiger partial charge in [0.1, 0.15) is 0 Å². The molecule has 0 aromatic carbocycles. The van der Waals surface area contributed by atoms with E-state index in [1.54, 1.807) is 21.0 Å². The van der Waals surface area contributed by atoms with Gasteiger partial charge in [-0.2, -0.15) is 0 Å². The molecule has 0 saturated heterocycles. The van der Waals surface area contributed by atoms with E-state index < -0.39 is 5.54 Å². The Bertz CT molecular complexity index is 249. The molecule has 0 heterocycles. The molecule has 0 radical (unpaired) electrons. The second-order valence-electron chi connectivity index (χ2n) is 4.63. The minimum atomic E-state index is -0.461. The summed E-state index contributed by atoms with van der Waals surface area (Å²) in [5.41, 5.74) is 4.65. The van der Waals surface area contributed by atoms with Gasteiger partial charge in [-0.1, -0.05) is 0 Å². The van der Waals surface area contributed by atoms with E-state index in [9.17, 15) is 9.59 Å². The van der Waals surface area contributed by atoms with Crippen molar-refractivity contribution in [3.8, 4) is 0 Å². The van der Waals surface area contributed by atoms with Crippen molar-refractivity contribution in [2.45, 2.75) is 38.8 Å². The Labute approximate surface area is 91.0 Å². The molecule has 0 saturated carbocycles. The molecular formula is C10H21N3O2. The van der Waals surface area contributed by atoms with Crippen molar-refractivity contribution < 1.29 is 9.59 Å². The van der Waals surface area contributed by atoms with Crippen LogP contribution >= 0.6 is 0 Å². The third-order valence-corrected chi connectivity index (χ3v) is 2.03. The van der Waals surface area contributed by atoms with Gasteiger partial charge in [0.05, 0.1) is 6.04 Å². The van der Waals surface area contributed by atoms with Crippen LogP contribution in [0.1, 0.15) is 27.2 Å². The van der Waals surface area contributed by atoms with Crippen molar-refractivity contribution in [2.75, 3.05) is 14.1 Å². The maximum atomic E-state index is 11.6. The molecule has 0 rings (SSSR count). The third kappa shape index (κ3) is 5.37. The van der Waals surface area contributed by atoms with E-state index in [1.807, 2.05) is 13.8 Å². The van der Waals surface area contributed by atoms with Gasteiger partial charge in [-0.05, 0) is 20.8 Å². The first-order chi connectivity index (χ1) is 6.65. The van der Waals surface area contributed by atoms with Crippen LogP contribution in [0.5, 0.6) is 0 Å². The van der Waals surface area contributed by atoms with Crippen LogP contribution in [0.25, 0.3) is 0 Å². The summed E-state index contributed by atoms with van der Waals surface area (Å²) in [6.07, 6.45) is 0.206. The van der Waals surface area contributed by atoms with Crippen LogP contribution in [0.15, 0.2) is 0 Å². The lowest BCUT2D eigenvalue weighted by Gasteiger charge is -2.29. The summed E-state index contributed by atoms with van der Waals surface area (Å²) in [5.74, 6) is -0.399. The number of hydrogen-bond donors (Lipinski definition) is 2. The third-order valence-electron chi connectivity index (χ3n) is 2.03. The molecule has 15 heavy (non-hydrogen) atoms. The summed E-state index contributed by atoms with van der Waals surface area (Å²) in [7, 11) is 3.39. The van der Waals surface area contributed by atoms with Gasteiger partial charge in [-0.15, -0.1) is 0 Å². The molecule has 1 unspecified atom stereocenters. The lowest BCUT2D eigenvalue weighted by Crippen LogP contribution is -2.52. The second kappa shape index (κ2) is 5.11. The average Bonchev–Trinajstić information content (AvgIpc) is 1.98. The Morgan fingerprint density at radius 1 is 1.40 bits per heavy atom. The molecule has 0 fully saturated rings. The van der Waals surface area contributed by atoms with Gasteiger partial charge >= 0.3 is 0 Å². The molecule has 88 valence electrons. The maximum absolute atomic E-state index is 11.6. The fraction of sp³-hybridized carbons (Fsp3) is 0.800. The van der Waals surface area contributed by atoms with Gasteiger partial charge in [0.2, 0.25) is 11.8 Å². The number of carbonyl (C=O) groups excluding carboxylic acids is 2. The zero-order chi connectivity index (χ0) is 12.2. The number of nitrogens with zero attached hydrogens (tertiary/aromatic N) is 1. The van der Waals surface area contributed by atoms with Gasteiger partial charge < -0.3 is 16.0 Å². The molecule has 0 aliphatic heterocycles. The quantitative estimate of drug-likeness (QED) is 0.661. The molecule has 5 heteroatoms. The molecule has 2 amide bonds. The standard InChI is InChI=1S/C10H21N3O2/c1-7(9(15)13(4)5)12-10(2,3)6-8(11)14/h7,12H,6H2,1-5H3,(H2,11,14). The number of carbonyl (C=O) groups is 2. The zero-order valence-corrected chi connectivity index (χ0v) is 10.1. The Balaban J connectivity index is 4.32. The fourth-order valence-electron chi connectivity index (χ4n) is 1.52. The minimum Gasteiger partial charge on any atom is -0.370 e. The van der Waals surface area contributed by atoms with Crippen molar-refractivity contribution >= 4 is 11.8 Å². The molecule has 0 aliphatic carbocycles. The minimum absolute atomic E-state index is 0.0208. The maximum Gasteiger partial charge on any atom is 0.238 e.